The Kier molecular flexibility index (Phi) is 6.29. The summed E-state index contributed by atoms with van der Waals surface area (Å²) in [5.74, 6) is -0.670. The lowest BCUT2D eigenvalue weighted by Crippen LogP contribution is -2.48. The number of aryl methyl sites for hydroxylation is 1. The maximum atomic E-state index is 14.8. The van der Waals surface area contributed by atoms with Crippen LogP contribution in [0.1, 0.15) is 53.7 Å². The average molecular weight is 590 g/mol. The van der Waals surface area contributed by atoms with Crippen LogP contribution in [0, 0.1) is 12.3 Å². The molecule has 0 unspecified atom stereocenters. The second-order valence-corrected chi connectivity index (χ2v) is 11.7. The SMILES string of the molecule is COc1ccc([C@@H]2[C@H](C(=O)c3ccc(C)cc3)N3c4ccc(Cl)cc4C=C[C@H]3C23C(=O)c2ccccc2C3=O)cc1OC. The summed E-state index contributed by atoms with van der Waals surface area (Å²) < 4.78 is 11.2. The number of hydrogen-bond donors (Lipinski definition) is 0. The van der Waals surface area contributed by atoms with E-state index < -0.39 is 23.4 Å². The molecule has 43 heavy (non-hydrogen) atoms. The molecule has 0 N–H and O–H groups in total. The van der Waals surface area contributed by atoms with Gasteiger partial charge in [-0.1, -0.05) is 83.9 Å². The lowest BCUT2D eigenvalue weighted by Gasteiger charge is -2.37. The highest BCUT2D eigenvalue weighted by Crippen LogP contribution is 2.61. The predicted molar refractivity (Wildman–Crippen MR) is 166 cm³/mol. The minimum Gasteiger partial charge on any atom is -0.493 e. The Hall–Kier alpha value is -4.68. The van der Waals surface area contributed by atoms with Gasteiger partial charge in [0.15, 0.2) is 28.8 Å². The molecule has 1 spiro atoms. The molecule has 1 fully saturated rings. The van der Waals surface area contributed by atoms with Crippen LogP contribution in [0.25, 0.3) is 6.08 Å². The monoisotopic (exact) mass is 589 g/mol. The first kappa shape index (κ1) is 27.2. The van der Waals surface area contributed by atoms with Crippen molar-refractivity contribution in [2.75, 3.05) is 19.1 Å². The van der Waals surface area contributed by atoms with Crippen molar-refractivity contribution in [2.24, 2.45) is 5.41 Å². The third kappa shape index (κ3) is 3.76. The Bertz CT molecular complexity index is 1830. The number of ketones is 3. The van der Waals surface area contributed by atoms with E-state index in [1.807, 2.05) is 54.3 Å². The molecule has 6 nitrogen and oxygen atoms in total. The lowest BCUT2D eigenvalue weighted by atomic mass is 9.64. The summed E-state index contributed by atoms with van der Waals surface area (Å²) in [5.41, 5.74) is 2.83. The van der Waals surface area contributed by atoms with Gasteiger partial charge in [0, 0.05) is 33.3 Å². The van der Waals surface area contributed by atoms with Gasteiger partial charge in [-0.3, -0.25) is 14.4 Å². The standard InChI is InChI=1S/C36H28ClNO5/c1-20-8-10-21(11-9-20)33(39)32-31(23-12-16-28(42-2)29(19-23)43-3)36(34(40)25-6-4-5-7-26(25)35(36)41)30-17-13-22-18-24(37)14-15-27(22)38(30)32/h4-19,30-32H,1-3H3/t30-,31+,32+/m0/s1. The van der Waals surface area contributed by atoms with Crippen molar-refractivity contribution in [3.8, 4) is 11.5 Å². The van der Waals surface area contributed by atoms with E-state index in [9.17, 15) is 14.4 Å². The first-order chi connectivity index (χ1) is 20.8. The van der Waals surface area contributed by atoms with Crippen LogP contribution in [0.3, 0.4) is 0 Å². The fourth-order valence-electron chi connectivity index (χ4n) is 7.26. The van der Waals surface area contributed by atoms with Gasteiger partial charge in [-0.2, -0.15) is 0 Å². The molecule has 0 bridgehead atoms. The van der Waals surface area contributed by atoms with Gasteiger partial charge in [-0.25, -0.2) is 0 Å². The number of carbonyl (C=O) groups excluding carboxylic acids is 3. The Balaban J connectivity index is 1.55. The number of benzene rings is 4. The molecule has 1 saturated heterocycles. The second-order valence-electron chi connectivity index (χ2n) is 11.3. The maximum Gasteiger partial charge on any atom is 0.185 e. The average Bonchev–Trinajstić information content (AvgIpc) is 3.46. The van der Waals surface area contributed by atoms with Gasteiger partial charge in [0.1, 0.15) is 11.5 Å². The lowest BCUT2D eigenvalue weighted by molar-refractivity contribution is 0.0665. The zero-order chi connectivity index (χ0) is 30.0. The summed E-state index contributed by atoms with van der Waals surface area (Å²) in [5, 5.41) is 0.550. The molecule has 7 rings (SSSR count). The van der Waals surface area contributed by atoms with Crippen LogP contribution >= 0.6 is 11.6 Å². The van der Waals surface area contributed by atoms with E-state index in [1.165, 1.54) is 7.11 Å². The summed E-state index contributed by atoms with van der Waals surface area (Å²) in [4.78, 5) is 46.4. The van der Waals surface area contributed by atoms with Gasteiger partial charge in [-0.05, 0) is 48.4 Å². The normalized spacial score (nSPS) is 21.0. The van der Waals surface area contributed by atoms with Crippen molar-refractivity contribution in [2.45, 2.75) is 24.9 Å². The molecule has 3 atom stereocenters. The number of rotatable bonds is 5. The van der Waals surface area contributed by atoms with E-state index in [-0.39, 0.29) is 17.3 Å². The van der Waals surface area contributed by atoms with E-state index in [1.54, 1.807) is 61.7 Å². The molecule has 4 aromatic carbocycles. The largest absolute Gasteiger partial charge is 0.493 e. The molecule has 0 amide bonds. The summed E-state index contributed by atoms with van der Waals surface area (Å²) in [6.45, 7) is 1.96. The van der Waals surface area contributed by atoms with Crippen molar-refractivity contribution in [1.29, 1.82) is 0 Å². The Labute approximate surface area is 254 Å². The number of nitrogens with zero attached hydrogens (tertiary/aromatic N) is 1. The minimum absolute atomic E-state index is 0.186. The molecule has 0 saturated carbocycles. The van der Waals surface area contributed by atoms with E-state index in [0.29, 0.717) is 38.8 Å². The second kappa shape index (κ2) is 9.96. The smallest absolute Gasteiger partial charge is 0.185 e. The number of fused-ring (bicyclic) bond motifs is 5. The van der Waals surface area contributed by atoms with Gasteiger partial charge < -0.3 is 14.4 Å². The first-order valence-electron chi connectivity index (χ1n) is 14.1. The number of carbonyl (C=O) groups is 3. The van der Waals surface area contributed by atoms with Crippen LogP contribution < -0.4 is 14.4 Å². The quantitative estimate of drug-likeness (QED) is 0.185. The van der Waals surface area contributed by atoms with Crippen LogP contribution in [0.2, 0.25) is 5.02 Å². The van der Waals surface area contributed by atoms with Crippen LogP contribution in [-0.4, -0.2) is 43.7 Å². The highest BCUT2D eigenvalue weighted by Gasteiger charge is 2.71. The van der Waals surface area contributed by atoms with Gasteiger partial charge in [0.05, 0.1) is 20.3 Å². The van der Waals surface area contributed by atoms with Crippen molar-refractivity contribution >= 4 is 40.7 Å². The Morgan fingerprint density at radius 2 is 1.51 bits per heavy atom. The third-order valence-corrected chi connectivity index (χ3v) is 9.37. The molecule has 1 aliphatic carbocycles. The van der Waals surface area contributed by atoms with Crippen molar-refractivity contribution < 1.29 is 23.9 Å². The van der Waals surface area contributed by atoms with Crippen LogP contribution in [0.4, 0.5) is 5.69 Å². The van der Waals surface area contributed by atoms with Gasteiger partial charge in [0.25, 0.3) is 0 Å². The fourth-order valence-corrected chi connectivity index (χ4v) is 7.44. The topological polar surface area (TPSA) is 72.9 Å². The molecule has 2 heterocycles. The predicted octanol–water partition coefficient (Wildman–Crippen LogP) is 6.98. The zero-order valence-corrected chi connectivity index (χ0v) is 24.6. The number of halogens is 1. The van der Waals surface area contributed by atoms with Gasteiger partial charge >= 0.3 is 0 Å². The van der Waals surface area contributed by atoms with E-state index >= 15 is 0 Å². The van der Waals surface area contributed by atoms with E-state index in [0.717, 1.165) is 16.8 Å². The minimum atomic E-state index is -1.61. The molecule has 4 aromatic rings. The maximum absolute atomic E-state index is 14.8. The van der Waals surface area contributed by atoms with Crippen LogP contribution in [0.15, 0.2) is 91.0 Å². The van der Waals surface area contributed by atoms with Crippen LogP contribution in [0.5, 0.6) is 11.5 Å². The molecule has 214 valence electrons. The number of anilines is 1. The van der Waals surface area contributed by atoms with E-state index in [4.69, 9.17) is 21.1 Å². The van der Waals surface area contributed by atoms with Gasteiger partial charge in [-0.15, -0.1) is 0 Å². The summed E-state index contributed by atoms with van der Waals surface area (Å²) in [6.07, 6.45) is 3.79. The fraction of sp³-hybridized carbons (Fsp3) is 0.194. The molecule has 0 aromatic heterocycles. The molecule has 0 radical (unpaired) electrons. The number of methoxy groups -OCH3 is 2. The highest BCUT2D eigenvalue weighted by molar-refractivity contribution is 6.32. The van der Waals surface area contributed by atoms with Crippen LogP contribution in [-0.2, 0) is 0 Å². The summed E-state index contributed by atoms with van der Waals surface area (Å²) >= 11 is 6.39. The summed E-state index contributed by atoms with van der Waals surface area (Å²) in [7, 11) is 3.08. The molecular formula is C36H28ClNO5. The number of ether oxygens (including phenoxy) is 2. The van der Waals surface area contributed by atoms with E-state index in [2.05, 4.69) is 0 Å². The molecule has 7 heteroatoms. The Morgan fingerprint density at radius 1 is 0.837 bits per heavy atom. The highest BCUT2D eigenvalue weighted by atomic mass is 35.5. The number of hydrogen-bond acceptors (Lipinski definition) is 6. The van der Waals surface area contributed by atoms with Gasteiger partial charge in [0.2, 0.25) is 0 Å². The summed E-state index contributed by atoms with van der Waals surface area (Å²) in [6, 6.07) is 23.6. The Morgan fingerprint density at radius 3 is 2.16 bits per heavy atom. The zero-order valence-electron chi connectivity index (χ0n) is 23.8. The van der Waals surface area contributed by atoms with Crippen molar-refractivity contribution in [1.82, 2.24) is 0 Å². The van der Waals surface area contributed by atoms with Crippen molar-refractivity contribution in [3.63, 3.8) is 0 Å². The first-order valence-corrected chi connectivity index (χ1v) is 14.5. The van der Waals surface area contributed by atoms with Crippen molar-refractivity contribution in [3.05, 3.63) is 129 Å². The number of Topliss-reactive ketones (excluding diaryl/α,β-unsaturated/α-hetero) is 3. The molecular weight excluding hydrogens is 562 g/mol. The third-order valence-electron chi connectivity index (χ3n) is 9.14. The molecule has 2 aliphatic heterocycles. The molecule has 3 aliphatic rings.